The normalized spacial score (nSPS) is 16.9. The predicted octanol–water partition coefficient (Wildman–Crippen LogP) is 3.65. The van der Waals surface area contributed by atoms with Crippen LogP contribution in [-0.2, 0) is 17.8 Å². The van der Waals surface area contributed by atoms with E-state index >= 15 is 0 Å². The minimum Gasteiger partial charge on any atom is -0.368 e. The van der Waals surface area contributed by atoms with Gasteiger partial charge in [-0.3, -0.25) is 0 Å². The summed E-state index contributed by atoms with van der Waals surface area (Å²) < 4.78 is 6.15. The zero-order chi connectivity index (χ0) is 14.5. The number of thiophene rings is 1. The largest absolute Gasteiger partial charge is 0.368 e. The summed E-state index contributed by atoms with van der Waals surface area (Å²) in [7, 11) is 0. The molecule has 0 bridgehead atoms. The van der Waals surface area contributed by atoms with Gasteiger partial charge in [0.25, 0.3) is 0 Å². The summed E-state index contributed by atoms with van der Waals surface area (Å²) in [6, 6.07) is 10.7. The lowest BCUT2D eigenvalue weighted by Crippen LogP contribution is -2.12. The van der Waals surface area contributed by atoms with Gasteiger partial charge in [0.15, 0.2) is 0 Å². The highest BCUT2D eigenvalue weighted by molar-refractivity contribution is 7.10. The lowest BCUT2D eigenvalue weighted by molar-refractivity contribution is 0.0297. The highest BCUT2D eigenvalue weighted by Crippen LogP contribution is 2.33. The predicted molar refractivity (Wildman–Crippen MR) is 87.2 cm³/mol. The van der Waals surface area contributed by atoms with Crippen LogP contribution in [0.5, 0.6) is 0 Å². The summed E-state index contributed by atoms with van der Waals surface area (Å²) in [6.07, 6.45) is 3.73. The molecule has 1 aliphatic rings. The smallest absolute Gasteiger partial charge is 0.0832 e. The third kappa shape index (κ3) is 3.54. The van der Waals surface area contributed by atoms with Gasteiger partial charge in [-0.15, -0.1) is 11.3 Å². The summed E-state index contributed by atoms with van der Waals surface area (Å²) in [5.74, 6) is 5.94. The molecule has 108 valence electrons. The molecule has 2 aromatic rings. The van der Waals surface area contributed by atoms with Gasteiger partial charge in [0.2, 0.25) is 0 Å². The molecular weight excluding hydrogens is 278 g/mol. The van der Waals surface area contributed by atoms with Crippen LogP contribution in [0.3, 0.4) is 0 Å². The Labute approximate surface area is 129 Å². The molecule has 0 fully saturated rings. The van der Waals surface area contributed by atoms with E-state index in [0.29, 0.717) is 13.2 Å². The van der Waals surface area contributed by atoms with Crippen molar-refractivity contribution in [1.29, 1.82) is 0 Å². The lowest BCUT2D eigenvalue weighted by atomic mass is 9.89. The lowest BCUT2D eigenvalue weighted by Gasteiger charge is -2.25. The molecule has 1 aliphatic carbocycles. The molecule has 1 aromatic heterocycles. The Morgan fingerprint density at radius 3 is 3.14 bits per heavy atom. The van der Waals surface area contributed by atoms with Crippen LogP contribution in [0.4, 0.5) is 0 Å². The van der Waals surface area contributed by atoms with E-state index in [1.807, 2.05) is 0 Å². The number of benzene rings is 1. The van der Waals surface area contributed by atoms with Crippen LogP contribution in [0.15, 0.2) is 35.7 Å². The maximum absolute atomic E-state index is 6.15. The average Bonchev–Trinajstić information content (AvgIpc) is 2.99. The van der Waals surface area contributed by atoms with Crippen molar-refractivity contribution < 1.29 is 4.74 Å². The number of ether oxygens (including phenoxy) is 1. The first kappa shape index (κ1) is 14.3. The van der Waals surface area contributed by atoms with E-state index in [1.165, 1.54) is 28.8 Å². The van der Waals surface area contributed by atoms with Crippen molar-refractivity contribution in [1.82, 2.24) is 0 Å². The summed E-state index contributed by atoms with van der Waals surface area (Å²) in [5, 5.41) is 2.07. The minimum absolute atomic E-state index is 0.232. The second-order valence-electron chi connectivity index (χ2n) is 5.20. The molecule has 2 nitrogen and oxygen atoms in total. The Kier molecular flexibility index (Phi) is 4.72. The van der Waals surface area contributed by atoms with Gasteiger partial charge in [-0.25, -0.2) is 0 Å². The first-order valence-electron chi connectivity index (χ1n) is 7.32. The van der Waals surface area contributed by atoms with E-state index in [-0.39, 0.29) is 6.10 Å². The molecule has 2 N–H and O–H groups in total. The summed E-state index contributed by atoms with van der Waals surface area (Å²) in [5.41, 5.74) is 9.23. The quantitative estimate of drug-likeness (QED) is 0.878. The molecule has 0 amide bonds. The highest BCUT2D eigenvalue weighted by Gasteiger charge is 2.20. The summed E-state index contributed by atoms with van der Waals surface area (Å²) >= 11 is 1.70. The van der Waals surface area contributed by atoms with Crippen molar-refractivity contribution in [3.8, 4) is 11.8 Å². The average molecular weight is 297 g/mol. The van der Waals surface area contributed by atoms with Crippen LogP contribution in [0.2, 0.25) is 0 Å². The molecule has 0 spiro atoms. The van der Waals surface area contributed by atoms with Crippen LogP contribution in [0.1, 0.15) is 40.5 Å². The van der Waals surface area contributed by atoms with Crippen LogP contribution in [0.25, 0.3) is 0 Å². The maximum atomic E-state index is 6.15. The van der Waals surface area contributed by atoms with Gasteiger partial charge in [0.05, 0.1) is 19.3 Å². The van der Waals surface area contributed by atoms with Gasteiger partial charge >= 0.3 is 0 Å². The van der Waals surface area contributed by atoms with Crippen LogP contribution >= 0.6 is 11.3 Å². The van der Waals surface area contributed by atoms with Gasteiger partial charge in [-0.2, -0.15) is 0 Å². The van der Waals surface area contributed by atoms with Crippen molar-refractivity contribution in [3.63, 3.8) is 0 Å². The molecule has 21 heavy (non-hydrogen) atoms. The summed E-state index contributed by atoms with van der Waals surface area (Å²) in [4.78, 5) is 1.22. The molecule has 0 saturated carbocycles. The molecule has 3 rings (SSSR count). The maximum Gasteiger partial charge on any atom is 0.0832 e. The van der Waals surface area contributed by atoms with Gasteiger partial charge in [-0.05, 0) is 36.5 Å². The second-order valence-corrected chi connectivity index (χ2v) is 6.19. The van der Waals surface area contributed by atoms with E-state index in [4.69, 9.17) is 10.5 Å². The number of fused-ring (bicyclic) bond motifs is 1. The van der Waals surface area contributed by atoms with E-state index in [1.54, 1.807) is 11.3 Å². The fourth-order valence-corrected chi connectivity index (χ4v) is 3.48. The Bertz CT molecular complexity index is 665. The van der Waals surface area contributed by atoms with Crippen molar-refractivity contribution in [2.24, 2.45) is 5.73 Å². The van der Waals surface area contributed by atoms with Crippen molar-refractivity contribution in [3.05, 3.63) is 57.3 Å². The summed E-state index contributed by atoms with van der Waals surface area (Å²) in [6.45, 7) is 1.06. The number of aryl methyl sites for hydroxylation is 1. The fraction of sp³-hybridized carbons (Fsp3) is 0.333. The third-order valence-corrected chi connectivity index (χ3v) is 4.64. The number of nitrogens with two attached hydrogens (primary N) is 1. The van der Waals surface area contributed by atoms with E-state index in [2.05, 4.69) is 47.6 Å². The SMILES string of the molecule is NCC#Cc1csc(COC2CCCc3ccccc32)c1. The van der Waals surface area contributed by atoms with Gasteiger partial charge in [0.1, 0.15) is 0 Å². The molecule has 1 aromatic carbocycles. The monoisotopic (exact) mass is 297 g/mol. The number of hydrogen-bond acceptors (Lipinski definition) is 3. The van der Waals surface area contributed by atoms with Crippen molar-refractivity contribution in [2.75, 3.05) is 6.54 Å². The molecular formula is C18H19NOS. The molecule has 0 saturated heterocycles. The minimum atomic E-state index is 0.232. The van der Waals surface area contributed by atoms with Crippen LogP contribution < -0.4 is 5.73 Å². The molecule has 1 unspecified atom stereocenters. The highest BCUT2D eigenvalue weighted by atomic mass is 32.1. The molecule has 0 aliphatic heterocycles. The standard InChI is InChI=1S/C18H19NOS/c19-10-4-5-14-11-16(21-13-14)12-20-18-9-3-7-15-6-1-2-8-17(15)18/h1-2,6,8,11,13,18H,3,7,9-10,12,19H2. The zero-order valence-corrected chi connectivity index (χ0v) is 12.8. The molecule has 1 atom stereocenters. The Morgan fingerprint density at radius 2 is 2.24 bits per heavy atom. The van der Waals surface area contributed by atoms with Gasteiger partial charge in [-0.1, -0.05) is 36.1 Å². The van der Waals surface area contributed by atoms with Crippen molar-refractivity contribution in [2.45, 2.75) is 32.0 Å². The van der Waals surface area contributed by atoms with Crippen molar-refractivity contribution >= 4 is 11.3 Å². The van der Waals surface area contributed by atoms with E-state index < -0.39 is 0 Å². The molecule has 0 radical (unpaired) electrons. The van der Waals surface area contributed by atoms with Gasteiger partial charge in [0, 0.05) is 15.8 Å². The topological polar surface area (TPSA) is 35.2 Å². The first-order valence-corrected chi connectivity index (χ1v) is 8.20. The zero-order valence-electron chi connectivity index (χ0n) is 12.0. The third-order valence-electron chi connectivity index (χ3n) is 3.73. The Morgan fingerprint density at radius 1 is 1.33 bits per heavy atom. The number of rotatable bonds is 3. The molecule has 3 heteroatoms. The van der Waals surface area contributed by atoms with Crippen LogP contribution in [0, 0.1) is 11.8 Å². The number of hydrogen-bond donors (Lipinski definition) is 1. The first-order chi connectivity index (χ1) is 10.4. The molecule has 1 heterocycles. The van der Waals surface area contributed by atoms with E-state index in [9.17, 15) is 0 Å². The second kappa shape index (κ2) is 6.91. The van der Waals surface area contributed by atoms with E-state index in [0.717, 1.165) is 12.0 Å². The Balaban J connectivity index is 1.65. The van der Waals surface area contributed by atoms with Gasteiger partial charge < -0.3 is 10.5 Å². The Hall–Kier alpha value is -1.60. The van der Waals surface area contributed by atoms with Crippen LogP contribution in [-0.4, -0.2) is 6.54 Å². The fourth-order valence-electron chi connectivity index (χ4n) is 2.74.